The maximum Gasteiger partial charge on any atom is 0.337 e. The molecule has 2 aromatic carbocycles. The Kier molecular flexibility index (Phi) is 6.52. The SMILES string of the molecule is CCCNc1cc(C(=O)Nc2ccc(C(=O)OC)cc2)nc(-c2ccccc2)n1. The molecule has 0 atom stereocenters. The number of ether oxygens (including phenoxy) is 1. The number of methoxy groups -OCH3 is 1. The van der Waals surface area contributed by atoms with Gasteiger partial charge in [0.05, 0.1) is 12.7 Å². The molecular weight excluding hydrogens is 368 g/mol. The zero-order chi connectivity index (χ0) is 20.6. The first kappa shape index (κ1) is 20.0. The van der Waals surface area contributed by atoms with Gasteiger partial charge in [0.1, 0.15) is 11.5 Å². The standard InChI is InChI=1S/C22H22N4O3/c1-3-13-23-19-14-18(25-20(26-19)15-7-5-4-6-8-15)21(27)24-17-11-9-16(10-12-17)22(28)29-2/h4-12,14H,3,13H2,1-2H3,(H,24,27)(H,23,25,26). The van der Waals surface area contributed by atoms with Crippen molar-refractivity contribution >= 4 is 23.4 Å². The van der Waals surface area contributed by atoms with Gasteiger partial charge in [-0.25, -0.2) is 14.8 Å². The van der Waals surface area contributed by atoms with Crippen LogP contribution < -0.4 is 10.6 Å². The molecule has 7 nitrogen and oxygen atoms in total. The van der Waals surface area contributed by atoms with E-state index in [1.165, 1.54) is 7.11 Å². The summed E-state index contributed by atoms with van der Waals surface area (Å²) < 4.78 is 4.68. The maximum atomic E-state index is 12.8. The Morgan fingerprint density at radius 2 is 1.72 bits per heavy atom. The van der Waals surface area contributed by atoms with Crippen molar-refractivity contribution in [2.45, 2.75) is 13.3 Å². The first-order valence-electron chi connectivity index (χ1n) is 9.29. The van der Waals surface area contributed by atoms with Crippen LogP contribution in [-0.4, -0.2) is 35.5 Å². The van der Waals surface area contributed by atoms with Crippen LogP contribution in [-0.2, 0) is 4.74 Å². The molecule has 3 aromatic rings. The van der Waals surface area contributed by atoms with Gasteiger partial charge in [0, 0.05) is 23.9 Å². The molecule has 0 saturated carbocycles. The average molecular weight is 390 g/mol. The highest BCUT2D eigenvalue weighted by molar-refractivity contribution is 6.03. The number of benzene rings is 2. The van der Waals surface area contributed by atoms with Crippen molar-refractivity contribution in [2.24, 2.45) is 0 Å². The van der Waals surface area contributed by atoms with E-state index in [-0.39, 0.29) is 11.6 Å². The van der Waals surface area contributed by atoms with Gasteiger partial charge >= 0.3 is 5.97 Å². The molecule has 0 unspecified atom stereocenters. The Morgan fingerprint density at radius 3 is 2.38 bits per heavy atom. The first-order chi connectivity index (χ1) is 14.1. The predicted octanol–water partition coefficient (Wildman–Crippen LogP) is 4.00. The predicted molar refractivity (Wildman–Crippen MR) is 112 cm³/mol. The molecule has 0 radical (unpaired) electrons. The molecule has 0 fully saturated rings. The van der Waals surface area contributed by atoms with Gasteiger partial charge in [0.25, 0.3) is 5.91 Å². The van der Waals surface area contributed by atoms with Crippen LogP contribution in [0.25, 0.3) is 11.4 Å². The monoisotopic (exact) mass is 390 g/mol. The van der Waals surface area contributed by atoms with Crippen molar-refractivity contribution in [3.63, 3.8) is 0 Å². The van der Waals surface area contributed by atoms with E-state index in [9.17, 15) is 9.59 Å². The number of amides is 1. The normalized spacial score (nSPS) is 10.3. The Balaban J connectivity index is 1.86. The molecule has 2 N–H and O–H groups in total. The largest absolute Gasteiger partial charge is 0.465 e. The number of hydrogen-bond donors (Lipinski definition) is 2. The molecule has 1 heterocycles. The lowest BCUT2D eigenvalue weighted by molar-refractivity contribution is 0.0600. The van der Waals surface area contributed by atoms with Gasteiger partial charge in [-0.3, -0.25) is 4.79 Å². The van der Waals surface area contributed by atoms with Gasteiger partial charge in [0.15, 0.2) is 5.82 Å². The summed E-state index contributed by atoms with van der Waals surface area (Å²) in [6.45, 7) is 2.79. The van der Waals surface area contributed by atoms with E-state index in [4.69, 9.17) is 0 Å². The van der Waals surface area contributed by atoms with Crippen LogP contribution in [0.1, 0.15) is 34.2 Å². The van der Waals surface area contributed by atoms with E-state index in [1.807, 2.05) is 30.3 Å². The lowest BCUT2D eigenvalue weighted by Crippen LogP contribution is -2.16. The second kappa shape index (κ2) is 9.45. The fourth-order valence-corrected chi connectivity index (χ4v) is 2.63. The number of nitrogens with one attached hydrogen (secondary N) is 2. The molecule has 0 aliphatic carbocycles. The van der Waals surface area contributed by atoms with Crippen LogP contribution in [0, 0.1) is 0 Å². The summed E-state index contributed by atoms with van der Waals surface area (Å²) in [4.78, 5) is 33.3. The van der Waals surface area contributed by atoms with Crippen molar-refractivity contribution in [1.29, 1.82) is 0 Å². The number of carbonyl (C=O) groups excluding carboxylic acids is 2. The summed E-state index contributed by atoms with van der Waals surface area (Å²) in [5.74, 6) is 0.262. The number of esters is 1. The number of nitrogens with zero attached hydrogens (tertiary/aromatic N) is 2. The highest BCUT2D eigenvalue weighted by Crippen LogP contribution is 2.19. The number of carbonyl (C=O) groups is 2. The fraction of sp³-hybridized carbons (Fsp3) is 0.182. The topological polar surface area (TPSA) is 93.2 Å². The van der Waals surface area contributed by atoms with Gasteiger partial charge in [0.2, 0.25) is 0 Å². The van der Waals surface area contributed by atoms with Crippen molar-refractivity contribution in [1.82, 2.24) is 9.97 Å². The summed E-state index contributed by atoms with van der Waals surface area (Å²) in [6, 6.07) is 17.6. The fourth-order valence-electron chi connectivity index (χ4n) is 2.63. The molecular formula is C22H22N4O3. The van der Waals surface area contributed by atoms with Crippen molar-refractivity contribution in [2.75, 3.05) is 24.3 Å². The molecule has 0 aliphatic rings. The van der Waals surface area contributed by atoms with E-state index >= 15 is 0 Å². The van der Waals surface area contributed by atoms with Gasteiger partial charge < -0.3 is 15.4 Å². The third-order valence-corrected chi connectivity index (χ3v) is 4.11. The molecule has 1 amide bonds. The second-order valence-corrected chi connectivity index (χ2v) is 6.28. The smallest absolute Gasteiger partial charge is 0.337 e. The highest BCUT2D eigenvalue weighted by atomic mass is 16.5. The lowest BCUT2D eigenvalue weighted by Gasteiger charge is -2.10. The zero-order valence-corrected chi connectivity index (χ0v) is 16.3. The van der Waals surface area contributed by atoms with Gasteiger partial charge in [-0.05, 0) is 30.7 Å². The molecule has 0 aliphatic heterocycles. The van der Waals surface area contributed by atoms with E-state index in [0.717, 1.165) is 18.5 Å². The van der Waals surface area contributed by atoms with Gasteiger partial charge in [-0.2, -0.15) is 0 Å². The van der Waals surface area contributed by atoms with Crippen molar-refractivity contribution < 1.29 is 14.3 Å². The Bertz CT molecular complexity index is 989. The van der Waals surface area contributed by atoms with Crippen LogP contribution in [0.4, 0.5) is 11.5 Å². The molecule has 148 valence electrons. The summed E-state index contributed by atoms with van der Waals surface area (Å²) in [5.41, 5.74) is 2.02. The van der Waals surface area contributed by atoms with Crippen LogP contribution in [0.3, 0.4) is 0 Å². The van der Waals surface area contributed by atoms with E-state index in [0.29, 0.717) is 22.9 Å². The van der Waals surface area contributed by atoms with Crippen LogP contribution in [0.2, 0.25) is 0 Å². The third-order valence-electron chi connectivity index (χ3n) is 4.11. The summed E-state index contributed by atoms with van der Waals surface area (Å²) >= 11 is 0. The lowest BCUT2D eigenvalue weighted by atomic mass is 10.2. The quantitative estimate of drug-likeness (QED) is 0.592. The first-order valence-corrected chi connectivity index (χ1v) is 9.29. The Hall–Kier alpha value is -3.74. The van der Waals surface area contributed by atoms with Crippen LogP contribution in [0.5, 0.6) is 0 Å². The van der Waals surface area contributed by atoms with Crippen molar-refractivity contribution in [3.05, 3.63) is 71.9 Å². The minimum Gasteiger partial charge on any atom is -0.465 e. The molecule has 1 aromatic heterocycles. The highest BCUT2D eigenvalue weighted by Gasteiger charge is 2.14. The molecule has 29 heavy (non-hydrogen) atoms. The van der Waals surface area contributed by atoms with Gasteiger partial charge in [-0.15, -0.1) is 0 Å². The Labute approximate surface area is 169 Å². The molecule has 0 saturated heterocycles. The summed E-state index contributed by atoms with van der Waals surface area (Å²) in [7, 11) is 1.32. The second-order valence-electron chi connectivity index (χ2n) is 6.28. The van der Waals surface area contributed by atoms with Crippen LogP contribution in [0.15, 0.2) is 60.7 Å². The van der Waals surface area contributed by atoms with E-state index < -0.39 is 5.97 Å². The molecule has 7 heteroatoms. The number of rotatable bonds is 7. The molecule has 3 rings (SSSR count). The Morgan fingerprint density at radius 1 is 1.00 bits per heavy atom. The van der Waals surface area contributed by atoms with Crippen molar-refractivity contribution in [3.8, 4) is 11.4 Å². The molecule has 0 bridgehead atoms. The van der Waals surface area contributed by atoms with E-state index in [2.05, 4.69) is 32.3 Å². The zero-order valence-electron chi connectivity index (χ0n) is 16.3. The van der Waals surface area contributed by atoms with Crippen LogP contribution >= 0.6 is 0 Å². The maximum absolute atomic E-state index is 12.8. The molecule has 0 spiro atoms. The summed E-state index contributed by atoms with van der Waals surface area (Å²) in [5, 5.41) is 6.00. The van der Waals surface area contributed by atoms with Gasteiger partial charge in [-0.1, -0.05) is 37.3 Å². The third kappa shape index (κ3) is 5.16. The average Bonchev–Trinajstić information content (AvgIpc) is 2.78. The van der Waals surface area contributed by atoms with E-state index in [1.54, 1.807) is 30.3 Å². The number of anilines is 2. The number of aromatic nitrogens is 2. The minimum atomic E-state index is -0.433. The summed E-state index contributed by atoms with van der Waals surface area (Å²) in [6.07, 6.45) is 0.929. The minimum absolute atomic E-state index is 0.245. The number of hydrogen-bond acceptors (Lipinski definition) is 6.